The van der Waals surface area contributed by atoms with Crippen LogP contribution in [-0.2, 0) is 14.3 Å². The van der Waals surface area contributed by atoms with Crippen LogP contribution in [0.15, 0.2) is 12.2 Å². The molecule has 0 aliphatic carbocycles. The molecule has 0 radical (unpaired) electrons. The van der Waals surface area contributed by atoms with Gasteiger partial charge in [0.25, 0.3) is 0 Å². The van der Waals surface area contributed by atoms with Gasteiger partial charge in [0.15, 0.2) is 0 Å². The lowest BCUT2D eigenvalue weighted by Gasteiger charge is -2.02. The summed E-state index contributed by atoms with van der Waals surface area (Å²) in [6, 6.07) is 0. The van der Waals surface area contributed by atoms with Gasteiger partial charge in [-0.15, -0.1) is 0 Å². The molecule has 0 rings (SSSR count). The molecule has 98 valence electrons. The van der Waals surface area contributed by atoms with Crippen LogP contribution in [0.5, 0.6) is 0 Å². The number of carboxylic acid groups (broad SMARTS) is 1. The summed E-state index contributed by atoms with van der Waals surface area (Å²) in [5, 5.41) is 8.58. The summed E-state index contributed by atoms with van der Waals surface area (Å²) in [6.07, 6.45) is 5.71. The number of hydrogen-bond donors (Lipinski definition) is 1. The summed E-state index contributed by atoms with van der Waals surface area (Å²) in [4.78, 5) is 21.4. The van der Waals surface area contributed by atoms with Crippen molar-refractivity contribution < 1.29 is 19.4 Å². The van der Waals surface area contributed by atoms with Crippen LogP contribution in [0.1, 0.15) is 51.9 Å². The second-order valence-corrected chi connectivity index (χ2v) is 3.98. The molecular weight excluding hydrogens is 220 g/mol. The maximum Gasteiger partial charge on any atom is 0.330 e. The Morgan fingerprint density at radius 3 is 2.12 bits per heavy atom. The van der Waals surface area contributed by atoms with Gasteiger partial charge >= 0.3 is 11.9 Å². The van der Waals surface area contributed by atoms with Gasteiger partial charge in [0.05, 0.1) is 6.61 Å². The van der Waals surface area contributed by atoms with Crippen LogP contribution < -0.4 is 0 Å². The standard InChI is InChI=1S/C13H22O4/c1-3-17-12(14)10-8-6-4-5-7-9-11(2)13(15)16/h2-10H2,1H3,(H,15,16). The molecule has 4 heteroatoms. The van der Waals surface area contributed by atoms with E-state index in [1.807, 2.05) is 0 Å². The molecule has 0 heterocycles. The molecule has 0 aromatic carbocycles. The van der Waals surface area contributed by atoms with Crippen molar-refractivity contribution in [2.75, 3.05) is 6.61 Å². The van der Waals surface area contributed by atoms with Crippen molar-refractivity contribution in [3.05, 3.63) is 12.2 Å². The summed E-state index contributed by atoms with van der Waals surface area (Å²) >= 11 is 0. The Balaban J connectivity index is 3.27. The number of carboxylic acids is 1. The Morgan fingerprint density at radius 2 is 1.59 bits per heavy atom. The molecule has 0 amide bonds. The van der Waals surface area contributed by atoms with Crippen molar-refractivity contribution in [3.63, 3.8) is 0 Å². The molecule has 0 unspecified atom stereocenters. The van der Waals surface area contributed by atoms with Gasteiger partial charge in [0.2, 0.25) is 0 Å². The van der Waals surface area contributed by atoms with Crippen molar-refractivity contribution >= 4 is 11.9 Å². The Kier molecular flexibility index (Phi) is 9.11. The van der Waals surface area contributed by atoms with Crippen molar-refractivity contribution in [2.45, 2.75) is 51.9 Å². The highest BCUT2D eigenvalue weighted by Gasteiger charge is 2.03. The monoisotopic (exact) mass is 242 g/mol. The maximum atomic E-state index is 11.0. The number of carbonyl (C=O) groups excluding carboxylic acids is 1. The van der Waals surface area contributed by atoms with Gasteiger partial charge in [-0.3, -0.25) is 4.79 Å². The lowest BCUT2D eigenvalue weighted by Crippen LogP contribution is -2.03. The van der Waals surface area contributed by atoms with E-state index in [1.54, 1.807) is 6.92 Å². The van der Waals surface area contributed by atoms with Crippen LogP contribution in [0.3, 0.4) is 0 Å². The Hall–Kier alpha value is -1.32. The first kappa shape index (κ1) is 15.7. The first-order valence-corrected chi connectivity index (χ1v) is 6.14. The van der Waals surface area contributed by atoms with Crippen LogP contribution in [0.2, 0.25) is 0 Å². The largest absolute Gasteiger partial charge is 0.478 e. The van der Waals surface area contributed by atoms with Crippen molar-refractivity contribution in [1.29, 1.82) is 0 Å². The average Bonchev–Trinajstić information content (AvgIpc) is 2.27. The Labute approximate surface area is 103 Å². The van der Waals surface area contributed by atoms with E-state index in [0.717, 1.165) is 32.1 Å². The molecule has 0 atom stereocenters. The highest BCUT2D eigenvalue weighted by molar-refractivity contribution is 5.85. The van der Waals surface area contributed by atoms with Crippen LogP contribution in [0.25, 0.3) is 0 Å². The van der Waals surface area contributed by atoms with Gasteiger partial charge in [0, 0.05) is 12.0 Å². The highest BCUT2D eigenvalue weighted by atomic mass is 16.5. The molecule has 1 N–H and O–H groups in total. The van der Waals surface area contributed by atoms with E-state index in [1.165, 1.54) is 0 Å². The normalized spacial score (nSPS) is 9.94. The fourth-order valence-corrected chi connectivity index (χ4v) is 1.48. The van der Waals surface area contributed by atoms with E-state index in [0.29, 0.717) is 19.4 Å². The molecule has 0 aliphatic rings. The SMILES string of the molecule is C=C(CCCCCCCC(=O)OCC)C(=O)O. The molecule has 17 heavy (non-hydrogen) atoms. The van der Waals surface area contributed by atoms with E-state index in [2.05, 4.69) is 6.58 Å². The Morgan fingerprint density at radius 1 is 1.06 bits per heavy atom. The number of hydrogen-bond acceptors (Lipinski definition) is 3. The average molecular weight is 242 g/mol. The molecular formula is C13H22O4. The number of esters is 1. The summed E-state index contributed by atoms with van der Waals surface area (Å²) in [5.74, 6) is -1.04. The van der Waals surface area contributed by atoms with Gasteiger partial charge in [0.1, 0.15) is 0 Å². The molecule has 4 nitrogen and oxygen atoms in total. The lowest BCUT2D eigenvalue weighted by molar-refractivity contribution is -0.143. The number of aliphatic carboxylic acids is 1. The first-order chi connectivity index (χ1) is 8.07. The second kappa shape index (κ2) is 9.87. The quantitative estimate of drug-likeness (QED) is 0.363. The molecule has 0 aliphatic heterocycles. The van der Waals surface area contributed by atoms with E-state index in [9.17, 15) is 9.59 Å². The highest BCUT2D eigenvalue weighted by Crippen LogP contribution is 2.11. The Bertz CT molecular complexity index is 258. The van der Waals surface area contributed by atoms with Crippen molar-refractivity contribution in [3.8, 4) is 0 Å². The summed E-state index contributed by atoms with van der Waals surface area (Å²) < 4.78 is 4.81. The zero-order valence-corrected chi connectivity index (χ0v) is 10.5. The third kappa shape index (κ3) is 9.60. The van der Waals surface area contributed by atoms with Gasteiger partial charge < -0.3 is 9.84 Å². The topological polar surface area (TPSA) is 63.6 Å². The molecule has 0 saturated carbocycles. The third-order valence-electron chi connectivity index (χ3n) is 2.47. The number of carbonyl (C=O) groups is 2. The minimum Gasteiger partial charge on any atom is -0.478 e. The predicted molar refractivity (Wildman–Crippen MR) is 65.7 cm³/mol. The molecule has 0 saturated heterocycles. The van der Waals surface area contributed by atoms with E-state index in [-0.39, 0.29) is 11.5 Å². The van der Waals surface area contributed by atoms with Gasteiger partial charge in [-0.1, -0.05) is 25.8 Å². The molecule has 0 fully saturated rings. The van der Waals surface area contributed by atoms with Crippen LogP contribution >= 0.6 is 0 Å². The van der Waals surface area contributed by atoms with E-state index in [4.69, 9.17) is 9.84 Å². The molecule has 0 spiro atoms. The summed E-state index contributed by atoms with van der Waals surface area (Å²) in [7, 11) is 0. The van der Waals surface area contributed by atoms with Gasteiger partial charge in [-0.25, -0.2) is 4.79 Å². The zero-order chi connectivity index (χ0) is 13.1. The van der Waals surface area contributed by atoms with Crippen LogP contribution in [0.4, 0.5) is 0 Å². The maximum absolute atomic E-state index is 11.0. The first-order valence-electron chi connectivity index (χ1n) is 6.14. The van der Waals surface area contributed by atoms with E-state index >= 15 is 0 Å². The van der Waals surface area contributed by atoms with Gasteiger partial charge in [-0.05, 0) is 26.2 Å². The minimum absolute atomic E-state index is 0.133. The molecule has 0 bridgehead atoms. The fourth-order valence-electron chi connectivity index (χ4n) is 1.48. The minimum atomic E-state index is -0.910. The lowest BCUT2D eigenvalue weighted by atomic mass is 10.1. The predicted octanol–water partition coefficient (Wildman–Crippen LogP) is 2.92. The summed E-state index contributed by atoms with van der Waals surface area (Å²) in [6.45, 7) is 5.71. The van der Waals surface area contributed by atoms with Crippen LogP contribution in [0, 0.1) is 0 Å². The van der Waals surface area contributed by atoms with Gasteiger partial charge in [-0.2, -0.15) is 0 Å². The number of ether oxygens (including phenoxy) is 1. The molecule has 0 aromatic heterocycles. The number of rotatable bonds is 10. The fraction of sp³-hybridized carbons (Fsp3) is 0.692. The van der Waals surface area contributed by atoms with E-state index < -0.39 is 5.97 Å². The zero-order valence-electron chi connectivity index (χ0n) is 10.5. The molecule has 0 aromatic rings. The second-order valence-electron chi connectivity index (χ2n) is 3.98. The third-order valence-corrected chi connectivity index (χ3v) is 2.47. The number of unbranched alkanes of at least 4 members (excludes halogenated alkanes) is 4. The van der Waals surface area contributed by atoms with Crippen LogP contribution in [-0.4, -0.2) is 23.7 Å². The smallest absolute Gasteiger partial charge is 0.330 e. The van der Waals surface area contributed by atoms with Crippen molar-refractivity contribution in [1.82, 2.24) is 0 Å². The van der Waals surface area contributed by atoms with Crippen molar-refractivity contribution in [2.24, 2.45) is 0 Å². The summed E-state index contributed by atoms with van der Waals surface area (Å²) in [5.41, 5.74) is 0.275.